The summed E-state index contributed by atoms with van der Waals surface area (Å²) >= 11 is 0. The van der Waals surface area contributed by atoms with Crippen molar-refractivity contribution in [2.75, 3.05) is 0 Å². The molecule has 1 aliphatic rings. The summed E-state index contributed by atoms with van der Waals surface area (Å²) in [6, 6.07) is 11.1. The van der Waals surface area contributed by atoms with Crippen molar-refractivity contribution >= 4 is 37.8 Å². The number of carbonyl (C=O) groups excluding carboxylic acids is 1. The van der Waals surface area contributed by atoms with E-state index in [0.717, 1.165) is 58.9 Å². The Kier molecular flexibility index (Phi) is 5.24. The Labute approximate surface area is 184 Å². The molecule has 0 fully saturated rings. The quantitative estimate of drug-likeness (QED) is 0.264. The van der Waals surface area contributed by atoms with E-state index in [1.807, 2.05) is 24.3 Å². The van der Waals surface area contributed by atoms with Crippen LogP contribution in [0.4, 0.5) is 0 Å². The molecular formula is C23H23N3O5S. The molecule has 0 saturated carbocycles. The highest BCUT2D eigenvalue weighted by atomic mass is 32.2. The average molecular weight is 454 g/mol. The van der Waals surface area contributed by atoms with Gasteiger partial charge in [-0.2, -0.15) is 4.72 Å². The Hall–Kier alpha value is -3.14. The van der Waals surface area contributed by atoms with Crippen molar-refractivity contribution in [3.63, 3.8) is 0 Å². The fraction of sp³-hybridized carbons (Fsp3) is 0.261. The fourth-order valence-electron chi connectivity index (χ4n) is 4.45. The van der Waals surface area contributed by atoms with Crippen LogP contribution in [-0.4, -0.2) is 30.6 Å². The Morgan fingerprint density at radius 3 is 2.78 bits per heavy atom. The summed E-state index contributed by atoms with van der Waals surface area (Å²) in [5.74, 6) is 0.0824. The van der Waals surface area contributed by atoms with Crippen LogP contribution in [0.2, 0.25) is 0 Å². The number of aromatic amines is 1. The number of amides is 1. The number of rotatable bonds is 6. The maximum atomic E-state index is 13.1. The van der Waals surface area contributed by atoms with E-state index in [1.54, 1.807) is 17.7 Å². The van der Waals surface area contributed by atoms with Gasteiger partial charge in [0.1, 0.15) is 17.4 Å². The van der Waals surface area contributed by atoms with Gasteiger partial charge < -0.3 is 9.40 Å². The van der Waals surface area contributed by atoms with E-state index >= 15 is 0 Å². The van der Waals surface area contributed by atoms with Crippen LogP contribution in [0.1, 0.15) is 29.7 Å². The number of nitrogens with one attached hydrogen (secondary N) is 3. The minimum absolute atomic E-state index is 0.00534. The van der Waals surface area contributed by atoms with Crippen molar-refractivity contribution in [3.8, 4) is 0 Å². The number of sulfonamides is 1. The molecule has 0 spiro atoms. The topological polar surface area (TPSA) is 124 Å². The summed E-state index contributed by atoms with van der Waals surface area (Å²) in [5, 5.41) is 11.0. The fourth-order valence-corrected chi connectivity index (χ4v) is 5.66. The van der Waals surface area contributed by atoms with Crippen LogP contribution in [0, 0.1) is 0 Å². The highest BCUT2D eigenvalue weighted by Crippen LogP contribution is 2.33. The number of H-pyrrole nitrogens is 1. The van der Waals surface area contributed by atoms with Gasteiger partial charge in [0.25, 0.3) is 5.91 Å². The van der Waals surface area contributed by atoms with E-state index < -0.39 is 22.0 Å². The Balaban J connectivity index is 1.45. The number of hydrogen-bond acceptors (Lipinski definition) is 5. The molecule has 0 saturated heterocycles. The highest BCUT2D eigenvalue weighted by molar-refractivity contribution is 7.89. The Morgan fingerprint density at radius 1 is 1.12 bits per heavy atom. The maximum Gasteiger partial charge on any atom is 0.261 e. The lowest BCUT2D eigenvalue weighted by Gasteiger charge is -2.17. The molecule has 2 aromatic carbocycles. The molecule has 0 aliphatic heterocycles. The Morgan fingerprint density at radius 2 is 1.94 bits per heavy atom. The van der Waals surface area contributed by atoms with Gasteiger partial charge in [-0.25, -0.2) is 13.9 Å². The average Bonchev–Trinajstić information content (AvgIpc) is 3.38. The standard InChI is InChI=1S/C23H23N3O5S/c27-23(25-28)20(11-14-13-24-19-7-3-1-5-16(14)19)26-32(29,30)15-9-10-18-17-6-2-4-8-21(17)31-22(18)12-15/h1,3,5,7,9-10,12-13,20,24,26,28H,2,4,6,8,11H2,(H,25,27). The van der Waals surface area contributed by atoms with E-state index in [9.17, 15) is 18.4 Å². The molecule has 32 heavy (non-hydrogen) atoms. The SMILES string of the molecule is O=C(NO)C(Cc1c[nH]c2ccccc12)NS(=O)(=O)c1ccc2c3c(oc2c1)CCCC3. The molecule has 1 amide bonds. The van der Waals surface area contributed by atoms with Gasteiger partial charge in [0.2, 0.25) is 10.0 Å². The second kappa shape index (κ2) is 8.09. The van der Waals surface area contributed by atoms with E-state index in [0.29, 0.717) is 5.58 Å². The van der Waals surface area contributed by atoms with Crippen molar-refractivity contribution in [3.05, 3.63) is 65.5 Å². The molecule has 0 radical (unpaired) electrons. The third-order valence-corrected chi connectivity index (χ3v) is 7.53. The van der Waals surface area contributed by atoms with Crippen LogP contribution < -0.4 is 10.2 Å². The van der Waals surface area contributed by atoms with Crippen LogP contribution in [0.15, 0.2) is 58.0 Å². The minimum atomic E-state index is -4.06. The number of furan rings is 1. The van der Waals surface area contributed by atoms with Crippen molar-refractivity contribution in [2.24, 2.45) is 0 Å². The minimum Gasteiger partial charge on any atom is -0.461 e. The van der Waals surface area contributed by atoms with Gasteiger partial charge in [-0.3, -0.25) is 10.0 Å². The zero-order valence-corrected chi connectivity index (χ0v) is 18.0. The third-order valence-electron chi connectivity index (χ3n) is 6.06. The number of hydroxylamine groups is 1. The lowest BCUT2D eigenvalue weighted by Crippen LogP contribution is -2.47. The largest absolute Gasteiger partial charge is 0.461 e. The van der Waals surface area contributed by atoms with Crippen LogP contribution in [0.3, 0.4) is 0 Å². The monoisotopic (exact) mass is 453 g/mol. The Bertz CT molecular complexity index is 1420. The predicted molar refractivity (Wildman–Crippen MR) is 119 cm³/mol. The molecule has 166 valence electrons. The molecule has 1 aliphatic carbocycles. The number of hydrogen-bond donors (Lipinski definition) is 4. The molecule has 5 rings (SSSR count). The summed E-state index contributed by atoms with van der Waals surface area (Å²) in [5.41, 5.74) is 4.88. The third kappa shape index (κ3) is 3.68. The summed E-state index contributed by atoms with van der Waals surface area (Å²) in [7, 11) is -4.06. The second-order valence-electron chi connectivity index (χ2n) is 8.08. The number of carbonyl (C=O) groups is 1. The molecule has 2 aromatic heterocycles. The van der Waals surface area contributed by atoms with E-state index in [1.165, 1.54) is 12.1 Å². The number of fused-ring (bicyclic) bond motifs is 4. The van der Waals surface area contributed by atoms with Crippen molar-refractivity contribution in [1.82, 2.24) is 15.2 Å². The lowest BCUT2D eigenvalue weighted by molar-refractivity contribution is -0.130. The number of aromatic nitrogens is 1. The van der Waals surface area contributed by atoms with Crippen LogP contribution in [0.25, 0.3) is 21.9 Å². The molecule has 4 aromatic rings. The second-order valence-corrected chi connectivity index (χ2v) is 9.80. The van der Waals surface area contributed by atoms with Gasteiger partial charge in [-0.1, -0.05) is 18.2 Å². The van der Waals surface area contributed by atoms with Gasteiger partial charge >= 0.3 is 0 Å². The van der Waals surface area contributed by atoms with Gasteiger partial charge in [0, 0.05) is 40.5 Å². The summed E-state index contributed by atoms with van der Waals surface area (Å²) in [6.07, 6.45) is 5.73. The van der Waals surface area contributed by atoms with Crippen LogP contribution in [0.5, 0.6) is 0 Å². The van der Waals surface area contributed by atoms with Gasteiger partial charge in [0.05, 0.1) is 4.90 Å². The zero-order chi connectivity index (χ0) is 22.3. The molecule has 9 heteroatoms. The first kappa shape index (κ1) is 20.7. The summed E-state index contributed by atoms with van der Waals surface area (Å²) < 4.78 is 34.6. The van der Waals surface area contributed by atoms with E-state index in [4.69, 9.17) is 4.42 Å². The molecule has 2 heterocycles. The van der Waals surface area contributed by atoms with Crippen molar-refractivity contribution in [1.29, 1.82) is 0 Å². The first-order valence-electron chi connectivity index (χ1n) is 10.5. The first-order chi connectivity index (χ1) is 15.5. The van der Waals surface area contributed by atoms with Gasteiger partial charge in [0.15, 0.2) is 0 Å². The lowest BCUT2D eigenvalue weighted by atomic mass is 9.96. The van der Waals surface area contributed by atoms with Gasteiger partial charge in [-0.05, 0) is 49.4 Å². The smallest absolute Gasteiger partial charge is 0.261 e. The van der Waals surface area contributed by atoms with E-state index in [2.05, 4.69) is 9.71 Å². The predicted octanol–water partition coefficient (Wildman–Crippen LogP) is 3.19. The van der Waals surface area contributed by atoms with E-state index in [-0.39, 0.29) is 11.3 Å². The molecule has 0 bridgehead atoms. The number of benzene rings is 2. The molecular weight excluding hydrogens is 430 g/mol. The van der Waals surface area contributed by atoms with Crippen LogP contribution >= 0.6 is 0 Å². The zero-order valence-electron chi connectivity index (χ0n) is 17.2. The maximum absolute atomic E-state index is 13.1. The highest BCUT2D eigenvalue weighted by Gasteiger charge is 2.28. The number of para-hydroxylation sites is 1. The molecule has 4 N–H and O–H groups in total. The molecule has 1 unspecified atom stereocenters. The van der Waals surface area contributed by atoms with Crippen LogP contribution in [-0.2, 0) is 34.1 Å². The summed E-state index contributed by atoms with van der Waals surface area (Å²) in [6.45, 7) is 0. The molecule has 1 atom stereocenters. The number of aryl methyl sites for hydroxylation is 2. The summed E-state index contributed by atoms with van der Waals surface area (Å²) in [4.78, 5) is 15.4. The van der Waals surface area contributed by atoms with Crippen molar-refractivity contribution in [2.45, 2.75) is 43.0 Å². The van der Waals surface area contributed by atoms with Crippen molar-refractivity contribution < 1.29 is 22.8 Å². The van der Waals surface area contributed by atoms with Gasteiger partial charge in [-0.15, -0.1) is 0 Å². The normalized spacial score (nSPS) is 15.0. The molecule has 8 nitrogen and oxygen atoms in total. The first-order valence-corrected chi connectivity index (χ1v) is 12.0.